The largest absolute Gasteiger partial charge is 0.387 e. The van der Waals surface area contributed by atoms with Crippen LogP contribution in [0.5, 0.6) is 0 Å². The zero-order valence-electron chi connectivity index (χ0n) is 6.03. The molecule has 56 valence electrons. The van der Waals surface area contributed by atoms with Crippen LogP contribution in [0, 0.1) is 6.92 Å². The second-order valence-corrected chi connectivity index (χ2v) is 2.93. The van der Waals surface area contributed by atoms with Crippen LogP contribution >= 0.6 is 11.5 Å². The number of nitrogens with zero attached hydrogens (tertiary/aromatic N) is 2. The number of hydrogen-bond acceptors (Lipinski definition) is 4. The third-order valence-corrected chi connectivity index (χ3v) is 2.30. The Morgan fingerprint density at radius 1 is 1.70 bits per heavy atom. The summed E-state index contributed by atoms with van der Waals surface area (Å²) < 4.78 is 3.72. The summed E-state index contributed by atoms with van der Waals surface area (Å²) in [6, 6.07) is 0. The highest BCUT2D eigenvalue weighted by molar-refractivity contribution is 7.05. The number of aryl methyl sites for hydroxylation is 1. The van der Waals surface area contributed by atoms with Crippen molar-refractivity contribution in [2.45, 2.75) is 26.4 Å². The summed E-state index contributed by atoms with van der Waals surface area (Å²) in [6.07, 6.45) is 0.352. The molecule has 10 heavy (non-hydrogen) atoms. The lowest BCUT2D eigenvalue weighted by Crippen LogP contribution is -1.93. The van der Waals surface area contributed by atoms with Gasteiger partial charge in [-0.05, 0) is 24.9 Å². The minimum Gasteiger partial charge on any atom is -0.387 e. The molecule has 1 heterocycles. The summed E-state index contributed by atoms with van der Waals surface area (Å²) in [6.45, 7) is 3.79. The van der Waals surface area contributed by atoms with Gasteiger partial charge in [0.1, 0.15) is 0 Å². The smallest absolute Gasteiger partial charge is 0.0914 e. The number of aromatic nitrogens is 2. The lowest BCUT2D eigenvalue weighted by atomic mass is 10.2. The lowest BCUT2D eigenvalue weighted by Gasteiger charge is -2.02. The molecule has 0 aliphatic carbocycles. The molecule has 1 rings (SSSR count). The molecule has 0 fully saturated rings. The van der Waals surface area contributed by atoms with Gasteiger partial charge in [0.2, 0.25) is 0 Å². The van der Waals surface area contributed by atoms with Gasteiger partial charge in [0.05, 0.1) is 16.7 Å². The van der Waals surface area contributed by atoms with E-state index in [0.29, 0.717) is 0 Å². The summed E-state index contributed by atoms with van der Waals surface area (Å²) in [5, 5.41) is 13.1. The van der Waals surface area contributed by atoms with Crippen LogP contribution in [0.3, 0.4) is 0 Å². The maximum atomic E-state index is 9.33. The van der Waals surface area contributed by atoms with Crippen LogP contribution in [0.25, 0.3) is 0 Å². The van der Waals surface area contributed by atoms with Crippen molar-refractivity contribution >= 4 is 11.5 Å². The number of rotatable bonds is 2. The van der Waals surface area contributed by atoms with Gasteiger partial charge in [0.25, 0.3) is 0 Å². The number of aliphatic hydroxyl groups is 1. The van der Waals surface area contributed by atoms with Crippen LogP contribution in [0.4, 0.5) is 0 Å². The Balaban J connectivity index is 2.82. The summed E-state index contributed by atoms with van der Waals surface area (Å²) in [7, 11) is 0. The lowest BCUT2D eigenvalue weighted by molar-refractivity contribution is 0.176. The van der Waals surface area contributed by atoms with Crippen LogP contribution in [0.15, 0.2) is 0 Å². The Bertz CT molecular complexity index is 211. The van der Waals surface area contributed by atoms with Crippen molar-refractivity contribution in [3.63, 3.8) is 0 Å². The first kappa shape index (κ1) is 7.63. The average molecular weight is 158 g/mol. The third kappa shape index (κ3) is 1.33. The van der Waals surface area contributed by atoms with Gasteiger partial charge in [-0.1, -0.05) is 11.4 Å². The van der Waals surface area contributed by atoms with E-state index in [2.05, 4.69) is 9.59 Å². The van der Waals surface area contributed by atoms with E-state index in [4.69, 9.17) is 0 Å². The fourth-order valence-corrected chi connectivity index (χ4v) is 1.44. The van der Waals surface area contributed by atoms with Crippen molar-refractivity contribution in [1.29, 1.82) is 0 Å². The molecule has 0 aliphatic heterocycles. The molecule has 0 bridgehead atoms. The highest BCUT2D eigenvalue weighted by atomic mass is 32.1. The van der Waals surface area contributed by atoms with E-state index >= 15 is 0 Å². The minimum absolute atomic E-state index is 0.375. The SMILES string of the molecule is CCC(O)c1snnc1C. The van der Waals surface area contributed by atoms with E-state index in [9.17, 15) is 5.11 Å². The predicted octanol–water partition coefficient (Wildman–Crippen LogP) is 1.29. The van der Waals surface area contributed by atoms with Gasteiger partial charge < -0.3 is 5.11 Å². The Labute approximate surface area is 63.9 Å². The topological polar surface area (TPSA) is 46.0 Å². The van der Waals surface area contributed by atoms with Crippen LogP contribution < -0.4 is 0 Å². The molecule has 0 spiro atoms. The summed E-state index contributed by atoms with van der Waals surface area (Å²) in [5.74, 6) is 0. The summed E-state index contributed by atoms with van der Waals surface area (Å²) in [4.78, 5) is 0.891. The van der Waals surface area contributed by atoms with E-state index in [1.165, 1.54) is 11.5 Å². The molecule has 0 saturated carbocycles. The Morgan fingerprint density at radius 3 is 2.80 bits per heavy atom. The molecule has 0 aliphatic rings. The first-order chi connectivity index (χ1) is 4.75. The number of aliphatic hydroxyl groups excluding tert-OH is 1. The molecule has 0 saturated heterocycles. The van der Waals surface area contributed by atoms with E-state index in [0.717, 1.165) is 17.0 Å². The molecular weight excluding hydrogens is 148 g/mol. The molecule has 1 aromatic heterocycles. The first-order valence-corrected chi connectivity index (χ1v) is 4.00. The molecule has 1 atom stereocenters. The van der Waals surface area contributed by atoms with Crippen LogP contribution in [0.1, 0.15) is 30.0 Å². The standard InChI is InChI=1S/C6H10N2OS/c1-3-5(9)6-4(2)7-8-10-6/h5,9H,3H2,1-2H3. The minimum atomic E-state index is -0.375. The van der Waals surface area contributed by atoms with Gasteiger partial charge in [0.15, 0.2) is 0 Å². The molecule has 4 heteroatoms. The van der Waals surface area contributed by atoms with Gasteiger partial charge in [-0.2, -0.15) is 0 Å². The quantitative estimate of drug-likeness (QED) is 0.705. The van der Waals surface area contributed by atoms with E-state index < -0.39 is 0 Å². The van der Waals surface area contributed by atoms with Crippen molar-refractivity contribution in [3.8, 4) is 0 Å². The maximum absolute atomic E-state index is 9.33. The van der Waals surface area contributed by atoms with Gasteiger partial charge in [-0.15, -0.1) is 5.10 Å². The van der Waals surface area contributed by atoms with Crippen LogP contribution in [0.2, 0.25) is 0 Å². The molecule has 1 N–H and O–H groups in total. The Kier molecular flexibility index (Phi) is 2.34. The fraction of sp³-hybridized carbons (Fsp3) is 0.667. The fourth-order valence-electron chi connectivity index (χ4n) is 0.728. The first-order valence-electron chi connectivity index (χ1n) is 3.22. The molecular formula is C6H10N2OS. The maximum Gasteiger partial charge on any atom is 0.0914 e. The molecule has 0 amide bonds. The predicted molar refractivity (Wildman–Crippen MR) is 39.9 cm³/mol. The third-order valence-electron chi connectivity index (χ3n) is 1.38. The van der Waals surface area contributed by atoms with E-state index in [-0.39, 0.29) is 6.10 Å². The normalized spacial score (nSPS) is 13.5. The molecule has 3 nitrogen and oxygen atoms in total. The van der Waals surface area contributed by atoms with Gasteiger partial charge >= 0.3 is 0 Å². The molecule has 0 radical (unpaired) electrons. The zero-order chi connectivity index (χ0) is 7.56. The van der Waals surface area contributed by atoms with Gasteiger partial charge in [-0.25, -0.2) is 0 Å². The molecule has 1 aromatic rings. The van der Waals surface area contributed by atoms with Gasteiger partial charge in [-0.3, -0.25) is 0 Å². The van der Waals surface area contributed by atoms with Crippen LogP contribution in [-0.4, -0.2) is 14.7 Å². The van der Waals surface area contributed by atoms with E-state index in [1.807, 2.05) is 13.8 Å². The van der Waals surface area contributed by atoms with Crippen LogP contribution in [-0.2, 0) is 0 Å². The van der Waals surface area contributed by atoms with E-state index in [1.54, 1.807) is 0 Å². The van der Waals surface area contributed by atoms with Crippen molar-refractivity contribution < 1.29 is 5.11 Å². The Hall–Kier alpha value is -0.480. The monoisotopic (exact) mass is 158 g/mol. The average Bonchev–Trinajstić information content (AvgIpc) is 2.34. The van der Waals surface area contributed by atoms with Crippen molar-refractivity contribution in [1.82, 2.24) is 9.59 Å². The molecule has 1 unspecified atom stereocenters. The van der Waals surface area contributed by atoms with Crippen molar-refractivity contribution in [2.24, 2.45) is 0 Å². The zero-order valence-corrected chi connectivity index (χ0v) is 6.85. The Morgan fingerprint density at radius 2 is 2.40 bits per heavy atom. The number of hydrogen-bond donors (Lipinski definition) is 1. The summed E-state index contributed by atoms with van der Waals surface area (Å²) >= 11 is 1.27. The highest BCUT2D eigenvalue weighted by Crippen LogP contribution is 2.21. The highest BCUT2D eigenvalue weighted by Gasteiger charge is 2.10. The second-order valence-electron chi connectivity index (χ2n) is 2.15. The van der Waals surface area contributed by atoms with Crippen molar-refractivity contribution in [3.05, 3.63) is 10.6 Å². The van der Waals surface area contributed by atoms with Gasteiger partial charge in [0, 0.05) is 0 Å². The molecule has 0 aromatic carbocycles. The second kappa shape index (κ2) is 3.07. The summed E-state index contributed by atoms with van der Waals surface area (Å²) in [5.41, 5.74) is 0.847. The van der Waals surface area contributed by atoms with Crippen molar-refractivity contribution in [2.75, 3.05) is 0 Å².